The van der Waals surface area contributed by atoms with Crippen molar-refractivity contribution in [1.82, 2.24) is 15.0 Å². The average Bonchev–Trinajstić information content (AvgIpc) is 3.20. The van der Waals surface area contributed by atoms with Crippen LogP contribution in [0, 0.1) is 0 Å². The second kappa shape index (κ2) is 8.14. The molecular formula is C21H28N6O2. The van der Waals surface area contributed by atoms with Gasteiger partial charge >= 0.3 is 0 Å². The molecule has 1 aromatic carbocycles. The van der Waals surface area contributed by atoms with Gasteiger partial charge < -0.3 is 9.42 Å². The number of carbonyl (C=O) groups excluding carboxylic acids is 1. The zero-order chi connectivity index (χ0) is 21.2. The van der Waals surface area contributed by atoms with Crippen LogP contribution < -0.4 is 5.12 Å². The fourth-order valence-electron chi connectivity index (χ4n) is 3.48. The smallest absolute Gasteiger partial charge is 0.256 e. The number of hydrogen-bond donors (Lipinski definition) is 0. The molecule has 0 N–H and O–H groups in total. The van der Waals surface area contributed by atoms with Gasteiger partial charge in [0.1, 0.15) is 0 Å². The van der Waals surface area contributed by atoms with Crippen LogP contribution in [0.25, 0.3) is 0 Å². The minimum absolute atomic E-state index is 0.0112. The first-order valence-corrected chi connectivity index (χ1v) is 9.73. The molecule has 154 valence electrons. The predicted molar refractivity (Wildman–Crippen MR) is 113 cm³/mol. The third kappa shape index (κ3) is 4.21. The number of piperidine rings is 1. The summed E-state index contributed by atoms with van der Waals surface area (Å²) in [6.07, 6.45) is 1.75. The number of aromatic nitrogens is 2. The number of rotatable bonds is 5. The highest BCUT2D eigenvalue weighted by Crippen LogP contribution is 2.33. The van der Waals surface area contributed by atoms with Gasteiger partial charge in [-0.3, -0.25) is 4.79 Å². The molecule has 1 aliphatic rings. The molecule has 1 saturated heterocycles. The van der Waals surface area contributed by atoms with Gasteiger partial charge in [-0.05, 0) is 31.9 Å². The molecule has 1 aliphatic heterocycles. The number of hydrazone groups is 2. The maximum absolute atomic E-state index is 13.4. The highest BCUT2D eigenvalue weighted by atomic mass is 16.5. The van der Waals surface area contributed by atoms with E-state index in [-0.39, 0.29) is 23.3 Å². The highest BCUT2D eigenvalue weighted by Gasteiger charge is 2.35. The fourth-order valence-corrected chi connectivity index (χ4v) is 3.48. The largest absolute Gasteiger partial charge is 0.339 e. The molecule has 0 aliphatic carbocycles. The number of likely N-dealkylation sites (tertiary alicyclic amines) is 1. The second-order valence-electron chi connectivity index (χ2n) is 8.38. The third-order valence-electron chi connectivity index (χ3n) is 5.22. The highest BCUT2D eigenvalue weighted by molar-refractivity contribution is 6.00. The summed E-state index contributed by atoms with van der Waals surface area (Å²) in [5.41, 5.74) is 0.863. The van der Waals surface area contributed by atoms with Crippen LogP contribution in [-0.4, -0.2) is 47.0 Å². The Morgan fingerprint density at radius 3 is 2.55 bits per heavy atom. The van der Waals surface area contributed by atoms with Crippen LogP contribution in [0.2, 0.25) is 0 Å². The molecular weight excluding hydrogens is 368 g/mol. The van der Waals surface area contributed by atoms with Crippen LogP contribution in [0.15, 0.2) is 39.0 Å². The lowest BCUT2D eigenvalue weighted by molar-refractivity contribution is 0.0594. The van der Waals surface area contributed by atoms with Gasteiger partial charge in [0, 0.05) is 31.4 Å². The van der Waals surface area contributed by atoms with E-state index in [2.05, 4.69) is 40.7 Å². The van der Waals surface area contributed by atoms with Crippen molar-refractivity contribution in [3.63, 3.8) is 0 Å². The van der Waals surface area contributed by atoms with Crippen LogP contribution in [0.1, 0.15) is 68.5 Å². The van der Waals surface area contributed by atoms with E-state index >= 15 is 0 Å². The summed E-state index contributed by atoms with van der Waals surface area (Å²) < 4.78 is 5.54. The molecule has 2 atom stereocenters. The van der Waals surface area contributed by atoms with Gasteiger partial charge in [-0.2, -0.15) is 20.3 Å². The molecule has 1 amide bonds. The van der Waals surface area contributed by atoms with Crippen molar-refractivity contribution < 1.29 is 9.32 Å². The van der Waals surface area contributed by atoms with Crippen molar-refractivity contribution in [3.05, 3.63) is 41.5 Å². The minimum Gasteiger partial charge on any atom is -0.339 e. The van der Waals surface area contributed by atoms with Crippen LogP contribution >= 0.6 is 0 Å². The molecule has 2 aromatic rings. The molecule has 29 heavy (non-hydrogen) atoms. The van der Waals surface area contributed by atoms with Gasteiger partial charge in [-0.1, -0.05) is 38.1 Å². The van der Waals surface area contributed by atoms with E-state index in [0.29, 0.717) is 29.5 Å². The summed E-state index contributed by atoms with van der Waals surface area (Å²) >= 11 is 0. The molecule has 1 fully saturated rings. The van der Waals surface area contributed by atoms with Crippen LogP contribution in [0.4, 0.5) is 5.69 Å². The Balaban J connectivity index is 1.87. The first-order chi connectivity index (χ1) is 13.8. The molecule has 0 bridgehead atoms. The lowest BCUT2D eigenvalue weighted by atomic mass is 9.92. The number of para-hydroxylation sites is 1. The molecule has 0 unspecified atom stereocenters. The second-order valence-corrected chi connectivity index (χ2v) is 8.38. The van der Waals surface area contributed by atoms with E-state index in [1.807, 2.05) is 37.8 Å². The number of hydrogen-bond acceptors (Lipinski definition) is 7. The fraction of sp³-hybridized carbons (Fsp3) is 0.476. The first kappa shape index (κ1) is 20.7. The summed E-state index contributed by atoms with van der Waals surface area (Å²) in [5.74, 6) is 1.19. The number of anilines is 1. The van der Waals surface area contributed by atoms with Gasteiger partial charge in [-0.25, -0.2) is 0 Å². The molecule has 0 saturated carbocycles. The summed E-state index contributed by atoms with van der Waals surface area (Å²) in [6, 6.07) is 7.28. The zero-order valence-electron chi connectivity index (χ0n) is 17.5. The maximum atomic E-state index is 13.4. The Morgan fingerprint density at radius 2 is 1.93 bits per heavy atom. The molecule has 3 rings (SSSR count). The average molecular weight is 396 g/mol. The summed E-state index contributed by atoms with van der Waals surface area (Å²) in [5, 5.41) is 13.0. The summed E-state index contributed by atoms with van der Waals surface area (Å²) in [6.45, 7) is 15.7. The number of amides is 1. The van der Waals surface area contributed by atoms with Crippen molar-refractivity contribution in [3.8, 4) is 0 Å². The van der Waals surface area contributed by atoms with E-state index in [1.165, 1.54) is 5.12 Å². The first-order valence-electron chi connectivity index (χ1n) is 9.73. The van der Waals surface area contributed by atoms with E-state index in [0.717, 1.165) is 12.8 Å². The van der Waals surface area contributed by atoms with E-state index in [1.54, 1.807) is 12.1 Å². The standard InChI is InChI=1S/C21H28N6O2/c1-14-11-12-15(18-24-20(25-29-18)21(2,3)4)13-26(14)19(28)16-9-7-8-10-17(16)27(22-5)23-6/h7-10,14-15H,5-6,11-13H2,1-4H3/t14-,15-/m1/s1. The van der Waals surface area contributed by atoms with Gasteiger partial charge in [-0.15, -0.1) is 0 Å². The number of benzene rings is 1. The Hall–Kier alpha value is -3.03. The zero-order valence-corrected chi connectivity index (χ0v) is 17.5. The van der Waals surface area contributed by atoms with Crippen LogP contribution in [0.5, 0.6) is 0 Å². The van der Waals surface area contributed by atoms with Crippen LogP contribution in [-0.2, 0) is 5.41 Å². The normalized spacial score (nSPS) is 19.7. The van der Waals surface area contributed by atoms with Crippen molar-refractivity contribution >= 4 is 25.0 Å². The topological polar surface area (TPSA) is 87.2 Å². The Kier molecular flexibility index (Phi) is 5.81. The van der Waals surface area contributed by atoms with Crippen LogP contribution in [0.3, 0.4) is 0 Å². The van der Waals surface area contributed by atoms with Crippen molar-refractivity contribution in [2.75, 3.05) is 11.7 Å². The monoisotopic (exact) mass is 396 g/mol. The molecule has 0 radical (unpaired) electrons. The SMILES string of the molecule is C=NN(N=C)c1ccccc1C(=O)N1C[C@H](c2nc(C(C)(C)C)no2)CC[C@H]1C. The number of nitrogens with zero attached hydrogens (tertiary/aromatic N) is 6. The van der Waals surface area contributed by atoms with E-state index < -0.39 is 0 Å². The molecule has 8 heteroatoms. The molecule has 1 aromatic heterocycles. The summed E-state index contributed by atoms with van der Waals surface area (Å²) in [4.78, 5) is 19.9. The van der Waals surface area contributed by atoms with E-state index in [9.17, 15) is 4.79 Å². The van der Waals surface area contributed by atoms with Gasteiger partial charge in [0.2, 0.25) is 5.89 Å². The molecule has 0 spiro atoms. The lowest BCUT2D eigenvalue weighted by Crippen LogP contribution is -2.45. The molecule has 8 nitrogen and oxygen atoms in total. The van der Waals surface area contributed by atoms with Gasteiger partial charge in [0.15, 0.2) is 5.82 Å². The Labute approximate surface area is 171 Å². The predicted octanol–water partition coefficient (Wildman–Crippen LogP) is 3.81. The van der Waals surface area contributed by atoms with Crippen molar-refractivity contribution in [1.29, 1.82) is 0 Å². The minimum atomic E-state index is -0.184. The van der Waals surface area contributed by atoms with Crippen molar-refractivity contribution in [2.45, 2.75) is 57.9 Å². The number of carbonyl (C=O) groups is 1. The third-order valence-corrected chi connectivity index (χ3v) is 5.22. The van der Waals surface area contributed by atoms with E-state index in [4.69, 9.17) is 4.52 Å². The lowest BCUT2D eigenvalue weighted by Gasteiger charge is -2.37. The van der Waals surface area contributed by atoms with Gasteiger partial charge in [0.05, 0.1) is 17.2 Å². The Bertz CT molecular complexity index is 893. The Morgan fingerprint density at radius 1 is 1.24 bits per heavy atom. The van der Waals surface area contributed by atoms with Crippen molar-refractivity contribution in [2.24, 2.45) is 10.2 Å². The summed E-state index contributed by atoms with van der Waals surface area (Å²) in [7, 11) is 0. The maximum Gasteiger partial charge on any atom is 0.256 e. The molecule has 2 heterocycles. The quantitative estimate of drug-likeness (QED) is 0.566. The van der Waals surface area contributed by atoms with Gasteiger partial charge in [0.25, 0.3) is 5.91 Å².